The first kappa shape index (κ1) is 27.6. The summed E-state index contributed by atoms with van der Waals surface area (Å²) in [5.41, 5.74) is 5.47. The van der Waals surface area contributed by atoms with Crippen molar-refractivity contribution in [2.45, 2.75) is 78.2 Å². The molecule has 3 heterocycles. The van der Waals surface area contributed by atoms with Crippen LogP contribution in [-0.2, 0) is 28.9 Å². The Morgan fingerprint density at radius 3 is 2.66 bits per heavy atom. The smallest absolute Gasteiger partial charge is 0.326 e. The molecule has 8 nitrogen and oxygen atoms in total. The maximum atomic E-state index is 12.9. The Bertz CT molecular complexity index is 1190. The van der Waals surface area contributed by atoms with Crippen molar-refractivity contribution in [3.05, 3.63) is 52.2 Å². The number of fused-ring (bicyclic) bond motifs is 1. The molecule has 0 spiro atoms. The van der Waals surface area contributed by atoms with Crippen LogP contribution in [0, 0.1) is 12.8 Å². The van der Waals surface area contributed by atoms with E-state index < -0.39 is 12.0 Å². The Morgan fingerprint density at radius 2 is 1.97 bits per heavy atom. The number of piperidine rings is 1. The lowest BCUT2D eigenvalue weighted by molar-refractivity contribution is -0.139. The molecule has 3 N–H and O–H groups in total. The number of aliphatic carboxylic acids is 1. The summed E-state index contributed by atoms with van der Waals surface area (Å²) in [5, 5.41) is 16.6. The first-order chi connectivity index (χ1) is 18.2. The minimum absolute atomic E-state index is 0.00129. The molecular weight excluding hydrogens is 480 g/mol. The number of aryl methyl sites for hydroxylation is 4. The third-order valence-electron chi connectivity index (χ3n) is 7.90. The quantitative estimate of drug-likeness (QED) is 0.391. The highest BCUT2D eigenvalue weighted by Crippen LogP contribution is 2.29. The number of ketones is 1. The predicted octanol–water partition coefficient (Wildman–Crippen LogP) is 4.64. The highest BCUT2D eigenvalue weighted by molar-refractivity contribution is 5.95. The van der Waals surface area contributed by atoms with Crippen LogP contribution < -0.4 is 10.6 Å². The van der Waals surface area contributed by atoms with Crippen molar-refractivity contribution in [2.75, 3.05) is 30.3 Å². The number of hydrogen-bond acceptors (Lipinski definition) is 6. The number of carbonyl (C=O) groups is 3. The van der Waals surface area contributed by atoms with Gasteiger partial charge in [0.05, 0.1) is 0 Å². The summed E-state index contributed by atoms with van der Waals surface area (Å²) in [6.45, 7) is 7.71. The van der Waals surface area contributed by atoms with Crippen LogP contribution in [0.4, 0.5) is 11.5 Å². The summed E-state index contributed by atoms with van der Waals surface area (Å²) in [5.74, 6) is 0.439. The fourth-order valence-corrected chi connectivity index (χ4v) is 5.60. The van der Waals surface area contributed by atoms with E-state index in [1.54, 1.807) is 6.92 Å². The van der Waals surface area contributed by atoms with E-state index in [1.165, 1.54) is 5.56 Å². The van der Waals surface area contributed by atoms with Gasteiger partial charge in [-0.25, -0.2) is 9.78 Å². The van der Waals surface area contributed by atoms with E-state index in [9.17, 15) is 19.5 Å². The summed E-state index contributed by atoms with van der Waals surface area (Å²) in [6, 6.07) is 7.11. The summed E-state index contributed by atoms with van der Waals surface area (Å²) in [7, 11) is 0. The van der Waals surface area contributed by atoms with Gasteiger partial charge < -0.3 is 20.6 Å². The number of amides is 1. The Balaban J connectivity index is 1.30. The summed E-state index contributed by atoms with van der Waals surface area (Å²) in [6.07, 6.45) is 6.02. The fourth-order valence-electron chi connectivity index (χ4n) is 5.60. The molecule has 2 aromatic rings. The highest BCUT2D eigenvalue weighted by atomic mass is 16.4. The van der Waals surface area contributed by atoms with E-state index in [-0.39, 0.29) is 17.6 Å². The van der Waals surface area contributed by atoms with Gasteiger partial charge in [0.2, 0.25) is 5.91 Å². The van der Waals surface area contributed by atoms with Crippen LogP contribution in [-0.4, -0.2) is 58.3 Å². The van der Waals surface area contributed by atoms with Crippen molar-refractivity contribution in [3.63, 3.8) is 0 Å². The molecule has 1 aromatic carbocycles. The van der Waals surface area contributed by atoms with Gasteiger partial charge in [-0.3, -0.25) is 9.59 Å². The predicted molar refractivity (Wildman–Crippen MR) is 149 cm³/mol. The molecule has 2 aliphatic heterocycles. The van der Waals surface area contributed by atoms with E-state index >= 15 is 0 Å². The molecule has 2 aliphatic rings. The number of hydrogen-bond donors (Lipinski definition) is 3. The molecule has 1 saturated heterocycles. The molecule has 0 bridgehead atoms. The fraction of sp³-hybridized carbons (Fsp3) is 0.533. The minimum atomic E-state index is -0.882. The number of aromatic nitrogens is 1. The third-order valence-corrected chi connectivity index (χ3v) is 7.90. The molecule has 0 radical (unpaired) electrons. The molecule has 1 aromatic heterocycles. The molecule has 0 saturated carbocycles. The summed E-state index contributed by atoms with van der Waals surface area (Å²) < 4.78 is 0. The van der Waals surface area contributed by atoms with Crippen molar-refractivity contribution in [1.82, 2.24) is 9.88 Å². The molecule has 204 valence electrons. The van der Waals surface area contributed by atoms with Gasteiger partial charge in [0.15, 0.2) is 5.78 Å². The van der Waals surface area contributed by atoms with Gasteiger partial charge >= 0.3 is 5.97 Å². The lowest BCUT2D eigenvalue weighted by Crippen LogP contribution is -2.41. The van der Waals surface area contributed by atoms with Crippen LogP contribution >= 0.6 is 0 Å². The van der Waals surface area contributed by atoms with Gasteiger partial charge in [-0.1, -0.05) is 13.0 Å². The Kier molecular flexibility index (Phi) is 9.02. The van der Waals surface area contributed by atoms with E-state index in [2.05, 4.69) is 16.7 Å². The average molecular weight is 521 g/mol. The molecule has 4 rings (SSSR count). The van der Waals surface area contributed by atoms with Crippen LogP contribution in [0.5, 0.6) is 0 Å². The Morgan fingerprint density at radius 1 is 1.21 bits per heavy atom. The topological polar surface area (TPSA) is 112 Å². The van der Waals surface area contributed by atoms with Gasteiger partial charge in [0, 0.05) is 43.0 Å². The first-order valence-electron chi connectivity index (χ1n) is 13.9. The number of rotatable bonds is 10. The number of carboxylic acid groups (broad SMARTS) is 1. The number of benzene rings is 1. The second-order valence-corrected chi connectivity index (χ2v) is 10.7. The number of Topliss-reactive ketones (excluding diaryl/α,β-unsaturated/α-hetero) is 1. The third kappa shape index (κ3) is 6.71. The number of carbonyl (C=O) groups excluding carboxylic acids is 2. The van der Waals surface area contributed by atoms with Crippen LogP contribution in [0.1, 0.15) is 78.7 Å². The highest BCUT2D eigenvalue weighted by Gasteiger charge is 2.28. The largest absolute Gasteiger partial charge is 0.480 e. The zero-order valence-corrected chi connectivity index (χ0v) is 22.8. The second-order valence-electron chi connectivity index (χ2n) is 10.7. The van der Waals surface area contributed by atoms with Gasteiger partial charge in [-0.05, 0) is 99.6 Å². The zero-order chi connectivity index (χ0) is 27.2. The van der Waals surface area contributed by atoms with Crippen molar-refractivity contribution in [2.24, 2.45) is 5.92 Å². The number of anilines is 2. The summed E-state index contributed by atoms with van der Waals surface area (Å²) >= 11 is 0. The van der Waals surface area contributed by atoms with Crippen molar-refractivity contribution in [3.8, 4) is 0 Å². The zero-order valence-electron chi connectivity index (χ0n) is 22.8. The number of carboxylic acids is 1. The molecule has 1 amide bonds. The lowest BCUT2D eigenvalue weighted by Gasteiger charge is -2.33. The minimum Gasteiger partial charge on any atom is -0.480 e. The van der Waals surface area contributed by atoms with Crippen LogP contribution in [0.3, 0.4) is 0 Å². The van der Waals surface area contributed by atoms with Gasteiger partial charge in [-0.2, -0.15) is 0 Å². The van der Waals surface area contributed by atoms with Gasteiger partial charge in [-0.15, -0.1) is 0 Å². The van der Waals surface area contributed by atoms with Crippen LogP contribution in [0.15, 0.2) is 24.3 Å². The Labute approximate surface area is 225 Å². The summed E-state index contributed by atoms with van der Waals surface area (Å²) in [4.78, 5) is 43.5. The number of nitrogens with one attached hydrogen (secondary N) is 2. The average Bonchev–Trinajstić information content (AvgIpc) is 2.92. The van der Waals surface area contributed by atoms with E-state index in [0.717, 1.165) is 60.6 Å². The van der Waals surface area contributed by atoms with Crippen molar-refractivity contribution >= 4 is 29.2 Å². The monoisotopic (exact) mass is 520 g/mol. The van der Waals surface area contributed by atoms with Gasteiger partial charge in [0.25, 0.3) is 0 Å². The molecule has 1 atom stereocenters. The second kappa shape index (κ2) is 12.4. The number of nitrogens with zero attached hydrogens (tertiary/aromatic N) is 2. The molecule has 1 fully saturated rings. The van der Waals surface area contributed by atoms with E-state index in [1.807, 2.05) is 36.9 Å². The van der Waals surface area contributed by atoms with Crippen molar-refractivity contribution in [1.29, 1.82) is 0 Å². The van der Waals surface area contributed by atoms with E-state index in [4.69, 9.17) is 4.98 Å². The molecule has 8 heteroatoms. The SMILES string of the molecule is CCc1cc(C(C)=O)cc(C)c1NC(CC1CCN(C(=O)CCc2ccc3c(n2)NCCC3)CC1)C(=O)O. The standard InChI is InChI=1S/C30H40N4O4/c1-4-22-18-24(20(3)35)16-19(2)28(22)33-26(30(37)38)17-21-11-14-34(15-12-21)27(36)10-9-25-8-7-23-6-5-13-31-29(23)32-25/h7-8,16,18,21,26,33H,4-6,9-15,17H2,1-3H3,(H,31,32)(H,37,38). The number of likely N-dealkylation sites (tertiary alicyclic amines) is 1. The van der Waals surface area contributed by atoms with Crippen LogP contribution in [0.2, 0.25) is 0 Å². The molecule has 1 unspecified atom stereocenters. The van der Waals surface area contributed by atoms with Crippen LogP contribution in [0.25, 0.3) is 0 Å². The van der Waals surface area contributed by atoms with Gasteiger partial charge in [0.1, 0.15) is 11.9 Å². The normalized spacial score (nSPS) is 16.3. The molecular formula is C30H40N4O4. The lowest BCUT2D eigenvalue weighted by atomic mass is 9.89. The maximum Gasteiger partial charge on any atom is 0.326 e. The van der Waals surface area contributed by atoms with Crippen molar-refractivity contribution < 1.29 is 19.5 Å². The molecule has 38 heavy (non-hydrogen) atoms. The maximum absolute atomic E-state index is 12.9. The first-order valence-corrected chi connectivity index (χ1v) is 13.9. The van der Waals surface area contributed by atoms with E-state index in [0.29, 0.717) is 44.3 Å². The number of pyridine rings is 1. The molecule has 0 aliphatic carbocycles. The Hall–Kier alpha value is -3.42.